The van der Waals surface area contributed by atoms with Crippen molar-refractivity contribution < 1.29 is 4.79 Å². The molecule has 0 fully saturated rings. The molecule has 0 unspecified atom stereocenters. The van der Waals surface area contributed by atoms with Gasteiger partial charge in [0, 0.05) is 12.1 Å². The minimum Gasteiger partial charge on any atom is -0.352 e. The molecule has 2 heteroatoms. The van der Waals surface area contributed by atoms with Crippen LogP contribution in [0.1, 0.15) is 27.2 Å². The molecule has 11 heavy (non-hydrogen) atoms. The number of carbonyl (C=O) groups excluding carboxylic acids is 1. The molecule has 64 valence electrons. The van der Waals surface area contributed by atoms with E-state index >= 15 is 0 Å². The van der Waals surface area contributed by atoms with Crippen molar-refractivity contribution in [1.29, 1.82) is 0 Å². The van der Waals surface area contributed by atoms with Crippen LogP contribution in [0.4, 0.5) is 0 Å². The predicted molar refractivity (Wildman–Crippen MR) is 47.3 cm³/mol. The van der Waals surface area contributed by atoms with Crippen molar-refractivity contribution in [3.8, 4) is 0 Å². The third-order valence-corrected chi connectivity index (χ3v) is 1.39. The van der Waals surface area contributed by atoms with Gasteiger partial charge in [-0.3, -0.25) is 4.79 Å². The largest absolute Gasteiger partial charge is 0.352 e. The summed E-state index contributed by atoms with van der Waals surface area (Å²) in [6.07, 6.45) is 1.03. The van der Waals surface area contributed by atoms with Crippen LogP contribution in [0.2, 0.25) is 0 Å². The molecule has 0 aliphatic rings. The van der Waals surface area contributed by atoms with Crippen LogP contribution in [0.25, 0.3) is 0 Å². The first-order chi connectivity index (χ1) is 5.04. The molecule has 0 aliphatic carbocycles. The Morgan fingerprint density at radius 1 is 1.55 bits per heavy atom. The van der Waals surface area contributed by atoms with Gasteiger partial charge < -0.3 is 5.32 Å². The fourth-order valence-corrected chi connectivity index (χ4v) is 0.625. The Hall–Kier alpha value is -0.790. The van der Waals surface area contributed by atoms with Gasteiger partial charge in [-0.1, -0.05) is 20.4 Å². The number of hydrogen-bond acceptors (Lipinski definition) is 1. The summed E-state index contributed by atoms with van der Waals surface area (Å²) in [6, 6.07) is 0. The molecule has 0 aliphatic heterocycles. The summed E-state index contributed by atoms with van der Waals surface area (Å²) in [6.45, 7) is 10.3. The maximum atomic E-state index is 10.9. The van der Waals surface area contributed by atoms with Crippen molar-refractivity contribution in [3.63, 3.8) is 0 Å². The Kier molecular flexibility index (Phi) is 4.59. The first-order valence-corrected chi connectivity index (χ1v) is 3.97. The molecule has 0 saturated carbocycles. The molecule has 0 saturated heterocycles. The van der Waals surface area contributed by atoms with Crippen LogP contribution in [-0.4, -0.2) is 12.5 Å². The van der Waals surface area contributed by atoms with E-state index in [1.807, 2.05) is 0 Å². The molecule has 0 aromatic rings. The summed E-state index contributed by atoms with van der Waals surface area (Å²) in [4.78, 5) is 10.9. The molecule has 1 N–H and O–H groups in total. The fourth-order valence-electron chi connectivity index (χ4n) is 0.625. The van der Waals surface area contributed by atoms with Crippen LogP contribution in [0.3, 0.4) is 0 Å². The quantitative estimate of drug-likeness (QED) is 0.615. The lowest BCUT2D eigenvalue weighted by Gasteiger charge is -2.05. The second-order valence-corrected chi connectivity index (χ2v) is 3.22. The first kappa shape index (κ1) is 10.2. The summed E-state index contributed by atoms with van der Waals surface area (Å²) in [5, 5.41) is 2.77. The lowest BCUT2D eigenvalue weighted by atomic mass is 10.1. The fraction of sp³-hybridized carbons (Fsp3) is 0.667. The second-order valence-electron chi connectivity index (χ2n) is 3.22. The van der Waals surface area contributed by atoms with Gasteiger partial charge in [0.25, 0.3) is 0 Å². The molecule has 0 bridgehead atoms. The molecule has 0 radical (unpaired) electrons. The SMILES string of the molecule is C=C(C)C(=O)NCCC(C)C. The smallest absolute Gasteiger partial charge is 0.246 e. The van der Waals surface area contributed by atoms with Crippen molar-refractivity contribution in [1.82, 2.24) is 5.32 Å². The highest BCUT2D eigenvalue weighted by Gasteiger charge is 2.00. The zero-order valence-electron chi connectivity index (χ0n) is 7.61. The standard InChI is InChI=1S/C9H17NO/c1-7(2)5-6-10-9(11)8(3)4/h7H,3,5-6H2,1-2,4H3,(H,10,11). The summed E-state index contributed by atoms with van der Waals surface area (Å²) >= 11 is 0. The van der Waals surface area contributed by atoms with Gasteiger partial charge in [-0.05, 0) is 19.3 Å². The minimum atomic E-state index is -0.0364. The topological polar surface area (TPSA) is 29.1 Å². The van der Waals surface area contributed by atoms with Gasteiger partial charge in [-0.25, -0.2) is 0 Å². The summed E-state index contributed by atoms with van der Waals surface area (Å²) < 4.78 is 0. The van der Waals surface area contributed by atoms with E-state index < -0.39 is 0 Å². The lowest BCUT2D eigenvalue weighted by Crippen LogP contribution is -2.25. The van der Waals surface area contributed by atoms with E-state index in [2.05, 4.69) is 25.7 Å². The van der Waals surface area contributed by atoms with Gasteiger partial charge in [0.15, 0.2) is 0 Å². The Morgan fingerprint density at radius 3 is 2.45 bits per heavy atom. The maximum absolute atomic E-state index is 10.9. The Morgan fingerprint density at radius 2 is 2.09 bits per heavy atom. The Balaban J connectivity index is 3.40. The number of nitrogens with one attached hydrogen (secondary N) is 1. The van der Waals surface area contributed by atoms with Gasteiger partial charge >= 0.3 is 0 Å². The highest BCUT2D eigenvalue weighted by molar-refractivity contribution is 5.91. The van der Waals surface area contributed by atoms with Gasteiger partial charge in [-0.2, -0.15) is 0 Å². The summed E-state index contributed by atoms with van der Waals surface area (Å²) in [5.74, 6) is 0.603. The van der Waals surface area contributed by atoms with Crippen molar-refractivity contribution in [2.45, 2.75) is 27.2 Å². The van der Waals surface area contributed by atoms with E-state index in [1.54, 1.807) is 6.92 Å². The number of hydrogen-bond donors (Lipinski definition) is 1. The van der Waals surface area contributed by atoms with Gasteiger partial charge in [0.1, 0.15) is 0 Å². The first-order valence-electron chi connectivity index (χ1n) is 3.97. The second kappa shape index (κ2) is 4.94. The van der Waals surface area contributed by atoms with Crippen molar-refractivity contribution in [3.05, 3.63) is 12.2 Å². The van der Waals surface area contributed by atoms with Crippen LogP contribution in [0, 0.1) is 5.92 Å². The number of amides is 1. The van der Waals surface area contributed by atoms with Gasteiger partial charge in [-0.15, -0.1) is 0 Å². The van der Waals surface area contributed by atoms with Crippen LogP contribution >= 0.6 is 0 Å². The van der Waals surface area contributed by atoms with Gasteiger partial charge in [0.05, 0.1) is 0 Å². The zero-order valence-corrected chi connectivity index (χ0v) is 7.61. The molecule has 0 aromatic carbocycles. The Bertz CT molecular complexity index is 150. The maximum Gasteiger partial charge on any atom is 0.246 e. The molecule has 0 aromatic heterocycles. The van der Waals surface area contributed by atoms with Crippen LogP contribution < -0.4 is 5.32 Å². The number of rotatable bonds is 4. The highest BCUT2D eigenvalue weighted by Crippen LogP contribution is 1.96. The zero-order chi connectivity index (χ0) is 8.85. The van der Waals surface area contributed by atoms with Crippen molar-refractivity contribution in [2.24, 2.45) is 5.92 Å². The van der Waals surface area contributed by atoms with Gasteiger partial charge in [0.2, 0.25) is 5.91 Å². The summed E-state index contributed by atoms with van der Waals surface area (Å²) in [7, 11) is 0. The molecule has 0 spiro atoms. The monoisotopic (exact) mass is 155 g/mol. The van der Waals surface area contributed by atoms with Crippen LogP contribution in [0.15, 0.2) is 12.2 Å². The normalized spacial score (nSPS) is 9.82. The average molecular weight is 155 g/mol. The molecule has 2 nitrogen and oxygen atoms in total. The molecule has 0 rings (SSSR count). The van der Waals surface area contributed by atoms with E-state index in [4.69, 9.17) is 0 Å². The molecular formula is C9H17NO. The Labute approximate surface area is 68.7 Å². The molecule has 0 heterocycles. The number of carbonyl (C=O) groups is 1. The van der Waals surface area contributed by atoms with E-state index in [9.17, 15) is 4.79 Å². The molecule has 1 amide bonds. The van der Waals surface area contributed by atoms with Crippen molar-refractivity contribution in [2.75, 3.05) is 6.54 Å². The van der Waals surface area contributed by atoms with Crippen LogP contribution in [-0.2, 0) is 4.79 Å². The van der Waals surface area contributed by atoms with Crippen molar-refractivity contribution >= 4 is 5.91 Å². The summed E-state index contributed by atoms with van der Waals surface area (Å²) in [5.41, 5.74) is 0.578. The van der Waals surface area contributed by atoms with E-state index in [0.717, 1.165) is 13.0 Å². The highest BCUT2D eigenvalue weighted by atomic mass is 16.1. The third kappa shape index (κ3) is 5.64. The minimum absolute atomic E-state index is 0.0364. The van der Waals surface area contributed by atoms with Crippen LogP contribution in [0.5, 0.6) is 0 Å². The predicted octanol–water partition coefficient (Wildman–Crippen LogP) is 1.72. The average Bonchev–Trinajstić information content (AvgIpc) is 1.86. The van der Waals surface area contributed by atoms with E-state index in [1.165, 1.54) is 0 Å². The van der Waals surface area contributed by atoms with E-state index in [-0.39, 0.29) is 5.91 Å². The lowest BCUT2D eigenvalue weighted by molar-refractivity contribution is -0.117. The molecule has 0 atom stereocenters. The third-order valence-electron chi connectivity index (χ3n) is 1.39. The molecular weight excluding hydrogens is 138 g/mol. The van der Waals surface area contributed by atoms with E-state index in [0.29, 0.717) is 11.5 Å².